The van der Waals surface area contributed by atoms with Crippen LogP contribution in [0, 0.1) is 5.92 Å². The first-order valence-electron chi connectivity index (χ1n) is 10.4. The highest BCUT2D eigenvalue weighted by atomic mass is 31.2. The predicted molar refractivity (Wildman–Crippen MR) is 105 cm³/mol. The summed E-state index contributed by atoms with van der Waals surface area (Å²) >= 11 is 0. The Morgan fingerprint density at radius 2 is 1.81 bits per heavy atom. The number of aliphatic hydroxyl groups is 1. The van der Waals surface area contributed by atoms with Crippen LogP contribution in [0.25, 0.3) is 0 Å². The fourth-order valence-electron chi connectivity index (χ4n) is 4.21. The molecule has 2 aliphatic rings. The van der Waals surface area contributed by atoms with Gasteiger partial charge in [-0.05, 0) is 38.0 Å². The van der Waals surface area contributed by atoms with Gasteiger partial charge in [-0.1, -0.05) is 38.5 Å². The quantitative estimate of drug-likeness (QED) is 0.280. The molecule has 1 saturated carbocycles. The summed E-state index contributed by atoms with van der Waals surface area (Å²) in [6, 6.07) is -0.806. The van der Waals surface area contributed by atoms with Gasteiger partial charge in [-0.2, -0.15) is 0 Å². The lowest BCUT2D eigenvalue weighted by Gasteiger charge is -2.29. The Morgan fingerprint density at radius 3 is 2.48 bits per heavy atom. The largest absolute Gasteiger partial charge is 0.393 e. The molecule has 3 amide bonds. The molecule has 3 atom stereocenters. The average molecular weight is 402 g/mol. The van der Waals surface area contributed by atoms with Gasteiger partial charge in [0.2, 0.25) is 0 Å². The third kappa shape index (κ3) is 7.55. The molecule has 0 aromatic rings. The van der Waals surface area contributed by atoms with E-state index >= 15 is 0 Å². The van der Waals surface area contributed by atoms with E-state index < -0.39 is 19.5 Å². The number of imide groups is 1. The summed E-state index contributed by atoms with van der Waals surface area (Å²) in [4.78, 5) is 35.0. The minimum atomic E-state index is -2.93. The number of rotatable bonds is 11. The van der Waals surface area contributed by atoms with Crippen molar-refractivity contribution in [2.75, 3.05) is 19.4 Å². The van der Waals surface area contributed by atoms with E-state index in [9.17, 15) is 24.2 Å². The second-order valence-corrected chi connectivity index (χ2v) is 10.8. The van der Waals surface area contributed by atoms with Gasteiger partial charge >= 0.3 is 6.03 Å². The van der Waals surface area contributed by atoms with E-state index in [1.807, 2.05) is 0 Å². The number of unbranched alkanes of at least 4 members (excludes halogenated alkanes) is 3. The van der Waals surface area contributed by atoms with Crippen LogP contribution < -0.4 is 5.32 Å². The van der Waals surface area contributed by atoms with Crippen molar-refractivity contribution >= 4 is 19.3 Å². The van der Waals surface area contributed by atoms with Gasteiger partial charge < -0.3 is 14.9 Å². The number of carbonyl (C=O) groups excluding carboxylic acids is 2. The van der Waals surface area contributed by atoms with E-state index in [4.69, 9.17) is 0 Å². The lowest BCUT2D eigenvalue weighted by molar-refractivity contribution is -0.121. The summed E-state index contributed by atoms with van der Waals surface area (Å²) in [7, 11) is -2.93. The lowest BCUT2D eigenvalue weighted by atomic mass is 9.84. The van der Waals surface area contributed by atoms with Gasteiger partial charge in [-0.25, -0.2) is 4.79 Å². The number of nitrogens with zero attached hydrogens (tertiary/aromatic N) is 1. The van der Waals surface area contributed by atoms with E-state index in [0.29, 0.717) is 37.9 Å². The van der Waals surface area contributed by atoms with Gasteiger partial charge in [0.1, 0.15) is 6.04 Å². The smallest absolute Gasteiger partial charge is 0.324 e. The molecule has 2 fully saturated rings. The average Bonchev–Trinajstić information content (AvgIpc) is 2.88. The molecular formula is C19H35N2O5P. The van der Waals surface area contributed by atoms with Gasteiger partial charge in [-0.15, -0.1) is 0 Å². The fourth-order valence-corrected chi connectivity index (χ4v) is 5.02. The summed E-state index contributed by atoms with van der Waals surface area (Å²) in [5.74, 6) is 0.0696. The van der Waals surface area contributed by atoms with Crippen LogP contribution in [0.4, 0.5) is 4.79 Å². The van der Waals surface area contributed by atoms with E-state index in [1.165, 1.54) is 13.1 Å². The molecule has 0 aromatic carbocycles. The molecule has 0 spiro atoms. The van der Waals surface area contributed by atoms with Crippen molar-refractivity contribution in [2.24, 2.45) is 5.92 Å². The van der Waals surface area contributed by atoms with Crippen LogP contribution in [0.3, 0.4) is 0 Å². The molecule has 27 heavy (non-hydrogen) atoms. The van der Waals surface area contributed by atoms with Crippen molar-refractivity contribution in [3.8, 4) is 0 Å². The Morgan fingerprint density at radius 1 is 1.15 bits per heavy atom. The Hall–Kier alpha value is -0.910. The number of carbonyl (C=O) groups is 2. The van der Waals surface area contributed by atoms with E-state index in [-0.39, 0.29) is 11.9 Å². The molecule has 1 saturated heterocycles. The molecule has 0 bridgehead atoms. The zero-order chi connectivity index (χ0) is 19.9. The molecule has 0 aromatic heterocycles. The van der Waals surface area contributed by atoms with Crippen molar-refractivity contribution in [2.45, 2.75) is 82.8 Å². The van der Waals surface area contributed by atoms with Crippen molar-refractivity contribution in [1.82, 2.24) is 10.2 Å². The number of urea groups is 1. The molecular weight excluding hydrogens is 367 g/mol. The molecule has 1 aliphatic heterocycles. The number of aliphatic hydroxyl groups excluding tert-OH is 1. The maximum Gasteiger partial charge on any atom is 0.324 e. The zero-order valence-corrected chi connectivity index (χ0v) is 17.3. The fraction of sp³-hybridized carbons (Fsp3) is 0.895. The second-order valence-electron chi connectivity index (χ2n) is 8.24. The standard InChI is InChI=1S/C19H35N2O5P/c1-27(25,26)14-8-3-2-7-11-16-18(23)20-19(24)21(16)13-12-17(22)15-9-5-4-6-10-15/h15-17,22H,2-14H2,1H3,(H,25,26)(H,20,23,24). The minimum absolute atomic E-state index is 0.249. The highest BCUT2D eigenvalue weighted by Crippen LogP contribution is 2.36. The number of hydrogen-bond acceptors (Lipinski definition) is 4. The Kier molecular flexibility index (Phi) is 8.77. The van der Waals surface area contributed by atoms with E-state index in [2.05, 4.69) is 5.32 Å². The Labute approximate surface area is 162 Å². The summed E-state index contributed by atoms with van der Waals surface area (Å²) in [5.41, 5.74) is 0. The Balaban J connectivity index is 1.72. The van der Waals surface area contributed by atoms with Crippen LogP contribution in [-0.4, -0.2) is 58.4 Å². The van der Waals surface area contributed by atoms with E-state index in [1.54, 1.807) is 4.90 Å². The monoisotopic (exact) mass is 402 g/mol. The third-order valence-electron chi connectivity index (χ3n) is 5.83. The maximum atomic E-state index is 12.1. The third-order valence-corrected chi connectivity index (χ3v) is 6.98. The minimum Gasteiger partial charge on any atom is -0.393 e. The molecule has 2 rings (SSSR count). The summed E-state index contributed by atoms with van der Waals surface area (Å²) in [6.07, 6.45) is 9.93. The van der Waals surface area contributed by atoms with Gasteiger partial charge in [0, 0.05) is 19.4 Å². The maximum absolute atomic E-state index is 12.1. The second kappa shape index (κ2) is 10.6. The highest BCUT2D eigenvalue weighted by Gasteiger charge is 2.38. The van der Waals surface area contributed by atoms with Crippen molar-refractivity contribution in [3.63, 3.8) is 0 Å². The first-order chi connectivity index (χ1) is 12.8. The normalized spacial score (nSPS) is 24.7. The number of nitrogens with one attached hydrogen (secondary N) is 1. The van der Waals surface area contributed by atoms with Gasteiger partial charge in [0.25, 0.3) is 5.91 Å². The SMILES string of the molecule is CP(=O)(O)CCCCCCC1C(=O)NC(=O)N1CCC(O)C1CCCCC1. The molecule has 8 heteroatoms. The molecule has 156 valence electrons. The number of hydrogen-bond donors (Lipinski definition) is 3. The molecule has 1 aliphatic carbocycles. The van der Waals surface area contributed by atoms with Crippen LogP contribution in [0.1, 0.15) is 70.6 Å². The Bertz CT molecular complexity index is 544. The lowest BCUT2D eigenvalue weighted by Crippen LogP contribution is -2.38. The molecule has 7 nitrogen and oxygen atoms in total. The van der Waals surface area contributed by atoms with Crippen LogP contribution in [0.5, 0.6) is 0 Å². The molecule has 3 unspecified atom stereocenters. The number of amides is 3. The molecule has 3 N–H and O–H groups in total. The van der Waals surface area contributed by atoms with Crippen molar-refractivity contribution in [1.29, 1.82) is 0 Å². The van der Waals surface area contributed by atoms with E-state index in [0.717, 1.165) is 44.9 Å². The van der Waals surface area contributed by atoms with Crippen LogP contribution in [0.2, 0.25) is 0 Å². The van der Waals surface area contributed by atoms with Gasteiger partial charge in [0.15, 0.2) is 7.37 Å². The van der Waals surface area contributed by atoms with Crippen molar-refractivity contribution in [3.05, 3.63) is 0 Å². The van der Waals surface area contributed by atoms with Crippen LogP contribution in [-0.2, 0) is 9.36 Å². The topological polar surface area (TPSA) is 107 Å². The zero-order valence-electron chi connectivity index (χ0n) is 16.4. The molecule has 0 radical (unpaired) electrons. The predicted octanol–water partition coefficient (Wildman–Crippen LogP) is 3.09. The van der Waals surface area contributed by atoms with Gasteiger partial charge in [0.05, 0.1) is 6.10 Å². The van der Waals surface area contributed by atoms with Gasteiger partial charge in [-0.3, -0.25) is 14.7 Å². The molecule has 1 heterocycles. The van der Waals surface area contributed by atoms with Crippen LogP contribution in [0.15, 0.2) is 0 Å². The van der Waals surface area contributed by atoms with Crippen molar-refractivity contribution < 1.29 is 24.2 Å². The summed E-state index contributed by atoms with van der Waals surface area (Å²) < 4.78 is 11.3. The first-order valence-corrected chi connectivity index (χ1v) is 12.7. The summed E-state index contributed by atoms with van der Waals surface area (Å²) in [5, 5.41) is 12.8. The first kappa shape index (κ1) is 22.4. The summed E-state index contributed by atoms with van der Waals surface area (Å²) in [6.45, 7) is 1.78. The highest BCUT2D eigenvalue weighted by molar-refractivity contribution is 7.57. The van der Waals surface area contributed by atoms with Crippen LogP contribution >= 0.6 is 7.37 Å².